The smallest absolute Gasteiger partial charge is 0.295 e. The van der Waals surface area contributed by atoms with E-state index >= 15 is 0 Å². The van der Waals surface area contributed by atoms with Crippen LogP contribution in [0.15, 0.2) is 85.2 Å². The van der Waals surface area contributed by atoms with E-state index in [9.17, 15) is 14.7 Å². The summed E-state index contributed by atoms with van der Waals surface area (Å²) in [6.45, 7) is 4.06. The standard InChI is InChI=1S/C28H26N2O6/c1-4-14-36-20-9-7-19(8-10-20)26(31)24-25(22-15-21(34-2)11-12-23(22)35-3)30(28(33)27(24)32)17-18-6-5-13-29-16-18/h4-13,15-16,25,31H,1,14,17H2,2-3H3/t25-/m1/s1. The highest BCUT2D eigenvalue weighted by Gasteiger charge is 2.47. The Morgan fingerprint density at radius 1 is 1.08 bits per heavy atom. The molecule has 0 bridgehead atoms. The minimum atomic E-state index is -0.924. The third-order valence-corrected chi connectivity index (χ3v) is 5.84. The number of likely N-dealkylation sites (tertiary alicyclic amines) is 1. The molecule has 8 heteroatoms. The molecule has 1 aromatic heterocycles. The van der Waals surface area contributed by atoms with Crippen LogP contribution in [-0.2, 0) is 16.1 Å². The Kier molecular flexibility index (Phi) is 7.34. The van der Waals surface area contributed by atoms with Crippen molar-refractivity contribution in [2.75, 3.05) is 20.8 Å². The van der Waals surface area contributed by atoms with Crippen LogP contribution in [0, 0.1) is 0 Å². The lowest BCUT2D eigenvalue weighted by atomic mass is 9.94. The van der Waals surface area contributed by atoms with Gasteiger partial charge < -0.3 is 24.2 Å². The maximum Gasteiger partial charge on any atom is 0.295 e. The maximum absolute atomic E-state index is 13.3. The van der Waals surface area contributed by atoms with Gasteiger partial charge in [-0.25, -0.2) is 0 Å². The molecule has 8 nitrogen and oxygen atoms in total. The largest absolute Gasteiger partial charge is 0.507 e. The molecule has 0 saturated carbocycles. The second kappa shape index (κ2) is 10.8. The van der Waals surface area contributed by atoms with Gasteiger partial charge in [0.05, 0.1) is 25.8 Å². The van der Waals surface area contributed by atoms with E-state index in [0.717, 1.165) is 5.56 Å². The average molecular weight is 487 g/mol. The fourth-order valence-electron chi connectivity index (χ4n) is 4.13. The molecule has 0 unspecified atom stereocenters. The minimum Gasteiger partial charge on any atom is -0.507 e. The second-order valence-corrected chi connectivity index (χ2v) is 8.02. The van der Waals surface area contributed by atoms with Gasteiger partial charge in [0.15, 0.2) is 0 Å². The Morgan fingerprint density at radius 2 is 1.83 bits per heavy atom. The summed E-state index contributed by atoms with van der Waals surface area (Å²) in [5.74, 6) is -0.291. The van der Waals surface area contributed by atoms with E-state index in [1.54, 1.807) is 67.0 Å². The molecule has 2 heterocycles. The average Bonchev–Trinajstić information content (AvgIpc) is 3.16. The first kappa shape index (κ1) is 24.5. The Labute approximate surface area is 209 Å². The SMILES string of the molecule is C=CCOc1ccc(C(O)=C2C(=O)C(=O)N(Cc3cccnc3)[C@@H]2c2cc(OC)ccc2OC)cc1. The molecule has 2 aromatic carbocycles. The number of nitrogens with zero attached hydrogens (tertiary/aromatic N) is 2. The first-order chi connectivity index (χ1) is 17.5. The van der Waals surface area contributed by atoms with Crippen molar-refractivity contribution in [1.29, 1.82) is 0 Å². The summed E-state index contributed by atoms with van der Waals surface area (Å²) >= 11 is 0. The topological polar surface area (TPSA) is 98.2 Å². The summed E-state index contributed by atoms with van der Waals surface area (Å²) < 4.78 is 16.5. The molecule has 184 valence electrons. The number of aromatic nitrogens is 1. The molecular weight excluding hydrogens is 460 g/mol. The molecule has 1 saturated heterocycles. The molecular formula is C28H26N2O6. The number of amides is 1. The number of ketones is 1. The highest BCUT2D eigenvalue weighted by Crippen LogP contribution is 2.44. The number of carbonyl (C=O) groups is 2. The molecule has 1 atom stereocenters. The van der Waals surface area contributed by atoms with Crippen LogP contribution >= 0.6 is 0 Å². The number of pyridine rings is 1. The Hall–Kier alpha value is -4.59. The van der Waals surface area contributed by atoms with Crippen molar-refractivity contribution < 1.29 is 28.9 Å². The van der Waals surface area contributed by atoms with Crippen molar-refractivity contribution in [3.8, 4) is 17.2 Å². The zero-order valence-corrected chi connectivity index (χ0v) is 20.0. The van der Waals surface area contributed by atoms with Gasteiger partial charge in [0.1, 0.15) is 29.6 Å². The van der Waals surface area contributed by atoms with E-state index in [1.807, 2.05) is 6.07 Å². The lowest BCUT2D eigenvalue weighted by Gasteiger charge is -2.27. The van der Waals surface area contributed by atoms with Gasteiger partial charge in [-0.05, 0) is 54.1 Å². The minimum absolute atomic E-state index is 0.0461. The van der Waals surface area contributed by atoms with Gasteiger partial charge in [0.2, 0.25) is 0 Å². The van der Waals surface area contributed by atoms with E-state index in [2.05, 4.69) is 11.6 Å². The third-order valence-electron chi connectivity index (χ3n) is 5.84. The first-order valence-electron chi connectivity index (χ1n) is 11.2. The van der Waals surface area contributed by atoms with Crippen molar-refractivity contribution in [2.45, 2.75) is 12.6 Å². The quantitative estimate of drug-likeness (QED) is 0.209. The monoisotopic (exact) mass is 486 g/mol. The Morgan fingerprint density at radius 3 is 2.47 bits per heavy atom. The van der Waals surface area contributed by atoms with Gasteiger partial charge in [-0.3, -0.25) is 14.6 Å². The van der Waals surface area contributed by atoms with Crippen molar-refractivity contribution in [3.63, 3.8) is 0 Å². The predicted octanol–water partition coefficient (Wildman–Crippen LogP) is 4.29. The number of benzene rings is 2. The van der Waals surface area contributed by atoms with Crippen molar-refractivity contribution in [3.05, 3.63) is 102 Å². The summed E-state index contributed by atoms with van der Waals surface area (Å²) in [6, 6.07) is 14.4. The number of hydrogen-bond acceptors (Lipinski definition) is 7. The number of rotatable bonds is 9. The molecule has 1 aliphatic heterocycles. The molecule has 3 aromatic rings. The molecule has 0 radical (unpaired) electrons. The molecule has 4 rings (SSSR count). The molecule has 1 fully saturated rings. The summed E-state index contributed by atoms with van der Waals surface area (Å²) in [5.41, 5.74) is 1.56. The molecule has 1 aliphatic rings. The van der Waals surface area contributed by atoms with Crippen LogP contribution < -0.4 is 14.2 Å². The fourth-order valence-corrected chi connectivity index (χ4v) is 4.13. The number of ether oxygens (including phenoxy) is 3. The normalized spacial score (nSPS) is 16.6. The third kappa shape index (κ3) is 4.79. The van der Waals surface area contributed by atoms with Gasteiger partial charge in [-0.2, -0.15) is 0 Å². The zero-order valence-electron chi connectivity index (χ0n) is 20.0. The number of aliphatic hydroxyl groups is 1. The lowest BCUT2D eigenvalue weighted by molar-refractivity contribution is -0.140. The second-order valence-electron chi connectivity index (χ2n) is 8.02. The Bertz CT molecular complexity index is 1300. The van der Waals surface area contributed by atoms with Gasteiger partial charge in [-0.1, -0.05) is 18.7 Å². The van der Waals surface area contributed by atoms with E-state index in [-0.39, 0.29) is 17.9 Å². The molecule has 0 aliphatic carbocycles. The van der Waals surface area contributed by atoms with Crippen molar-refractivity contribution in [1.82, 2.24) is 9.88 Å². The van der Waals surface area contributed by atoms with Crippen LogP contribution in [0.1, 0.15) is 22.7 Å². The molecule has 0 spiro atoms. The van der Waals surface area contributed by atoms with Crippen LogP contribution in [0.4, 0.5) is 0 Å². The van der Waals surface area contributed by atoms with E-state index < -0.39 is 17.7 Å². The van der Waals surface area contributed by atoms with Crippen molar-refractivity contribution in [2.24, 2.45) is 0 Å². The summed E-state index contributed by atoms with van der Waals surface area (Å²) in [5, 5.41) is 11.3. The predicted molar refractivity (Wildman–Crippen MR) is 134 cm³/mol. The van der Waals surface area contributed by atoms with Crippen molar-refractivity contribution >= 4 is 17.4 Å². The number of aliphatic hydroxyl groups excluding tert-OH is 1. The van der Waals surface area contributed by atoms with Gasteiger partial charge in [0, 0.05) is 30.1 Å². The fraction of sp³-hybridized carbons (Fsp3) is 0.179. The summed E-state index contributed by atoms with van der Waals surface area (Å²) in [6.07, 6.45) is 4.88. The zero-order chi connectivity index (χ0) is 25.7. The van der Waals surface area contributed by atoms with E-state index in [4.69, 9.17) is 14.2 Å². The number of Topliss-reactive ketones (excluding diaryl/α,β-unsaturated/α-hetero) is 1. The highest BCUT2D eigenvalue weighted by atomic mass is 16.5. The maximum atomic E-state index is 13.3. The first-order valence-corrected chi connectivity index (χ1v) is 11.2. The number of carbonyl (C=O) groups excluding carboxylic acids is 2. The molecule has 1 N–H and O–H groups in total. The summed E-state index contributed by atoms with van der Waals surface area (Å²) in [7, 11) is 3.02. The summed E-state index contributed by atoms with van der Waals surface area (Å²) in [4.78, 5) is 32.1. The molecule has 1 amide bonds. The van der Waals surface area contributed by atoms with Gasteiger partial charge in [-0.15, -0.1) is 0 Å². The van der Waals surface area contributed by atoms with E-state index in [0.29, 0.717) is 35.0 Å². The van der Waals surface area contributed by atoms with Gasteiger partial charge in [0.25, 0.3) is 11.7 Å². The van der Waals surface area contributed by atoms with Crippen LogP contribution in [0.3, 0.4) is 0 Å². The van der Waals surface area contributed by atoms with Crippen LogP contribution in [0.5, 0.6) is 17.2 Å². The van der Waals surface area contributed by atoms with Crippen LogP contribution in [-0.4, -0.2) is 47.5 Å². The molecule has 36 heavy (non-hydrogen) atoms. The van der Waals surface area contributed by atoms with Gasteiger partial charge >= 0.3 is 0 Å². The van der Waals surface area contributed by atoms with E-state index in [1.165, 1.54) is 19.1 Å². The number of hydrogen-bond donors (Lipinski definition) is 1. The lowest BCUT2D eigenvalue weighted by Crippen LogP contribution is -2.29. The van der Waals surface area contributed by atoms with Crippen LogP contribution in [0.25, 0.3) is 5.76 Å². The highest BCUT2D eigenvalue weighted by molar-refractivity contribution is 6.46. The Balaban J connectivity index is 1.87. The van der Waals surface area contributed by atoms with Crippen LogP contribution in [0.2, 0.25) is 0 Å². The number of methoxy groups -OCH3 is 2.